The second-order valence-electron chi connectivity index (χ2n) is 6.35. The molecule has 1 N–H and O–H groups in total. The van der Waals surface area contributed by atoms with Gasteiger partial charge < -0.3 is 14.8 Å². The standard InChI is InChI=1S/C21H27NO2/c1-2-21(18-9-4-3-5-10-18)22-15-17-8-6-11-19(14-17)24-16-20-12-7-13-23-20/h3-6,8-11,14,20-22H,2,7,12-13,15-16H2,1H3. The first-order chi connectivity index (χ1) is 11.8. The van der Waals surface area contributed by atoms with Crippen LogP contribution < -0.4 is 10.1 Å². The molecule has 0 saturated carbocycles. The quantitative estimate of drug-likeness (QED) is 0.776. The van der Waals surface area contributed by atoms with Gasteiger partial charge in [0.05, 0.1) is 6.10 Å². The number of hydrogen-bond donors (Lipinski definition) is 1. The first-order valence-corrected chi connectivity index (χ1v) is 8.97. The highest BCUT2D eigenvalue weighted by molar-refractivity contribution is 5.29. The van der Waals surface area contributed by atoms with Crippen molar-refractivity contribution < 1.29 is 9.47 Å². The highest BCUT2D eigenvalue weighted by atomic mass is 16.5. The maximum Gasteiger partial charge on any atom is 0.119 e. The second-order valence-corrected chi connectivity index (χ2v) is 6.35. The van der Waals surface area contributed by atoms with E-state index in [9.17, 15) is 0 Å². The van der Waals surface area contributed by atoms with Crippen molar-refractivity contribution in [3.63, 3.8) is 0 Å². The Balaban J connectivity index is 1.53. The summed E-state index contributed by atoms with van der Waals surface area (Å²) in [5, 5.41) is 3.65. The second kappa shape index (κ2) is 8.86. The summed E-state index contributed by atoms with van der Waals surface area (Å²) in [6.07, 6.45) is 3.58. The molecule has 1 fully saturated rings. The van der Waals surface area contributed by atoms with Gasteiger partial charge in [-0.3, -0.25) is 0 Å². The Hall–Kier alpha value is -1.84. The van der Waals surface area contributed by atoms with E-state index in [4.69, 9.17) is 9.47 Å². The zero-order valence-corrected chi connectivity index (χ0v) is 14.4. The van der Waals surface area contributed by atoms with Crippen LogP contribution in [0.3, 0.4) is 0 Å². The fourth-order valence-corrected chi connectivity index (χ4v) is 3.13. The van der Waals surface area contributed by atoms with Gasteiger partial charge in [-0.15, -0.1) is 0 Å². The summed E-state index contributed by atoms with van der Waals surface area (Å²) < 4.78 is 11.5. The van der Waals surface area contributed by atoms with Gasteiger partial charge in [-0.2, -0.15) is 0 Å². The van der Waals surface area contributed by atoms with Gasteiger partial charge in [0, 0.05) is 19.2 Å². The van der Waals surface area contributed by atoms with Gasteiger partial charge in [0.2, 0.25) is 0 Å². The Morgan fingerprint density at radius 1 is 1.17 bits per heavy atom. The molecule has 3 nitrogen and oxygen atoms in total. The molecule has 0 aromatic heterocycles. The van der Waals surface area contributed by atoms with E-state index in [0.29, 0.717) is 12.6 Å². The summed E-state index contributed by atoms with van der Waals surface area (Å²) >= 11 is 0. The molecule has 128 valence electrons. The van der Waals surface area contributed by atoms with E-state index >= 15 is 0 Å². The minimum Gasteiger partial charge on any atom is -0.491 e. The van der Waals surface area contributed by atoms with Crippen molar-refractivity contribution in [2.24, 2.45) is 0 Å². The summed E-state index contributed by atoms with van der Waals surface area (Å²) in [4.78, 5) is 0. The van der Waals surface area contributed by atoms with Crippen molar-refractivity contribution in [1.82, 2.24) is 5.32 Å². The first kappa shape index (κ1) is 17.0. The summed E-state index contributed by atoms with van der Waals surface area (Å²) in [6.45, 7) is 4.57. The van der Waals surface area contributed by atoms with Crippen LogP contribution in [0.4, 0.5) is 0 Å². The Kier molecular flexibility index (Phi) is 6.27. The third kappa shape index (κ3) is 4.83. The average molecular weight is 325 g/mol. The normalized spacial score (nSPS) is 18.5. The summed E-state index contributed by atoms with van der Waals surface area (Å²) in [6, 6.07) is 19.3. The minimum absolute atomic E-state index is 0.259. The molecule has 0 radical (unpaired) electrons. The summed E-state index contributed by atoms with van der Waals surface area (Å²) in [7, 11) is 0. The van der Waals surface area contributed by atoms with Gasteiger partial charge in [-0.05, 0) is 42.5 Å². The molecule has 2 aromatic rings. The predicted octanol–water partition coefficient (Wildman–Crippen LogP) is 4.49. The van der Waals surface area contributed by atoms with Gasteiger partial charge in [0.25, 0.3) is 0 Å². The van der Waals surface area contributed by atoms with E-state index in [0.717, 1.165) is 38.2 Å². The van der Waals surface area contributed by atoms with Crippen LogP contribution in [-0.4, -0.2) is 19.3 Å². The average Bonchev–Trinajstić information content (AvgIpc) is 3.15. The fourth-order valence-electron chi connectivity index (χ4n) is 3.13. The molecule has 0 bridgehead atoms. The number of benzene rings is 2. The molecule has 2 unspecified atom stereocenters. The summed E-state index contributed by atoms with van der Waals surface area (Å²) in [5.41, 5.74) is 2.58. The molecule has 1 aliphatic heterocycles. The van der Waals surface area contributed by atoms with Crippen molar-refractivity contribution in [3.05, 3.63) is 65.7 Å². The maximum atomic E-state index is 5.90. The van der Waals surface area contributed by atoms with Gasteiger partial charge in [-0.1, -0.05) is 49.4 Å². The largest absolute Gasteiger partial charge is 0.491 e. The zero-order valence-electron chi connectivity index (χ0n) is 14.4. The van der Waals surface area contributed by atoms with Gasteiger partial charge >= 0.3 is 0 Å². The number of rotatable bonds is 8. The lowest BCUT2D eigenvalue weighted by Crippen LogP contribution is -2.20. The monoisotopic (exact) mass is 325 g/mol. The summed E-state index contributed by atoms with van der Waals surface area (Å²) in [5.74, 6) is 0.928. The van der Waals surface area contributed by atoms with E-state index in [1.54, 1.807) is 0 Å². The van der Waals surface area contributed by atoms with Crippen LogP contribution in [0.15, 0.2) is 54.6 Å². The molecule has 0 spiro atoms. The first-order valence-electron chi connectivity index (χ1n) is 8.97. The van der Waals surface area contributed by atoms with E-state index in [1.807, 2.05) is 6.07 Å². The Bertz CT molecular complexity index is 608. The highest BCUT2D eigenvalue weighted by Gasteiger charge is 2.16. The lowest BCUT2D eigenvalue weighted by atomic mass is 10.0. The van der Waals surface area contributed by atoms with Crippen molar-refractivity contribution in [2.45, 2.75) is 44.9 Å². The lowest BCUT2D eigenvalue weighted by Gasteiger charge is -2.18. The zero-order chi connectivity index (χ0) is 16.6. The van der Waals surface area contributed by atoms with Crippen LogP contribution in [0.1, 0.15) is 43.4 Å². The Morgan fingerprint density at radius 3 is 2.79 bits per heavy atom. The van der Waals surface area contributed by atoms with Crippen molar-refractivity contribution in [1.29, 1.82) is 0 Å². The van der Waals surface area contributed by atoms with Crippen molar-refractivity contribution in [3.8, 4) is 5.75 Å². The number of ether oxygens (including phenoxy) is 2. The molecule has 2 aromatic carbocycles. The molecular formula is C21H27NO2. The van der Waals surface area contributed by atoms with E-state index in [-0.39, 0.29) is 6.10 Å². The van der Waals surface area contributed by atoms with E-state index in [1.165, 1.54) is 11.1 Å². The highest BCUT2D eigenvalue weighted by Crippen LogP contribution is 2.19. The van der Waals surface area contributed by atoms with Gasteiger partial charge in [0.15, 0.2) is 0 Å². The predicted molar refractivity (Wildman–Crippen MR) is 97.2 cm³/mol. The topological polar surface area (TPSA) is 30.5 Å². The van der Waals surface area contributed by atoms with Crippen LogP contribution >= 0.6 is 0 Å². The maximum absolute atomic E-state index is 5.90. The minimum atomic E-state index is 0.259. The lowest BCUT2D eigenvalue weighted by molar-refractivity contribution is 0.0679. The molecule has 3 rings (SSSR count). The van der Waals surface area contributed by atoms with Crippen LogP contribution in [0, 0.1) is 0 Å². The molecule has 1 saturated heterocycles. The Morgan fingerprint density at radius 2 is 2.04 bits per heavy atom. The van der Waals surface area contributed by atoms with Crippen molar-refractivity contribution >= 4 is 0 Å². The van der Waals surface area contributed by atoms with Crippen LogP contribution in [0.2, 0.25) is 0 Å². The van der Waals surface area contributed by atoms with Crippen LogP contribution in [0.25, 0.3) is 0 Å². The number of nitrogens with one attached hydrogen (secondary N) is 1. The number of hydrogen-bond acceptors (Lipinski definition) is 3. The molecule has 2 atom stereocenters. The van der Waals surface area contributed by atoms with Crippen molar-refractivity contribution in [2.75, 3.05) is 13.2 Å². The molecule has 0 amide bonds. The molecule has 0 aliphatic carbocycles. The van der Waals surface area contributed by atoms with Gasteiger partial charge in [0.1, 0.15) is 12.4 Å². The third-order valence-electron chi connectivity index (χ3n) is 4.52. The molecular weight excluding hydrogens is 298 g/mol. The van der Waals surface area contributed by atoms with E-state index < -0.39 is 0 Å². The molecule has 3 heteroatoms. The van der Waals surface area contributed by atoms with E-state index in [2.05, 4.69) is 60.8 Å². The fraction of sp³-hybridized carbons (Fsp3) is 0.429. The molecule has 1 heterocycles. The third-order valence-corrected chi connectivity index (χ3v) is 4.52. The SMILES string of the molecule is CCC(NCc1cccc(OCC2CCCO2)c1)c1ccccc1. The smallest absolute Gasteiger partial charge is 0.119 e. The van der Waals surface area contributed by atoms with Gasteiger partial charge in [-0.25, -0.2) is 0 Å². The Labute approximate surface area is 145 Å². The van der Waals surface area contributed by atoms with Crippen LogP contribution in [0.5, 0.6) is 5.75 Å². The van der Waals surface area contributed by atoms with Crippen LogP contribution in [-0.2, 0) is 11.3 Å². The molecule has 24 heavy (non-hydrogen) atoms. The molecule has 1 aliphatic rings.